The Labute approximate surface area is 163 Å². The van der Waals surface area contributed by atoms with Crippen molar-refractivity contribution in [2.45, 2.75) is 32.4 Å². The molecular weight excluding hydrogens is 368 g/mol. The van der Waals surface area contributed by atoms with Crippen LogP contribution in [0.1, 0.15) is 36.8 Å². The molecule has 1 aliphatic heterocycles. The minimum absolute atomic E-state index is 0.106. The molecule has 2 amide bonds. The Balaban J connectivity index is 1.95. The first-order valence-electron chi connectivity index (χ1n) is 8.85. The van der Waals surface area contributed by atoms with Crippen LogP contribution in [0, 0.1) is 5.92 Å². The van der Waals surface area contributed by atoms with Crippen molar-refractivity contribution in [2.75, 3.05) is 13.7 Å². The molecule has 8 heteroatoms. The number of aromatic nitrogens is 2. The van der Waals surface area contributed by atoms with Crippen molar-refractivity contribution in [3.05, 3.63) is 52.6 Å². The summed E-state index contributed by atoms with van der Waals surface area (Å²) in [6.45, 7) is 4.19. The minimum Gasteiger partial charge on any atom is -0.467 e. The van der Waals surface area contributed by atoms with Gasteiger partial charge in [-0.3, -0.25) is 0 Å². The van der Waals surface area contributed by atoms with Gasteiger partial charge in [-0.1, -0.05) is 43.6 Å². The van der Waals surface area contributed by atoms with E-state index in [0.717, 1.165) is 17.0 Å². The van der Waals surface area contributed by atoms with E-state index in [1.807, 2.05) is 32.0 Å². The van der Waals surface area contributed by atoms with Crippen molar-refractivity contribution in [3.63, 3.8) is 0 Å². The molecule has 7 nitrogen and oxygen atoms in total. The highest BCUT2D eigenvalue weighted by atomic mass is 35.5. The van der Waals surface area contributed by atoms with Gasteiger partial charge in [0.05, 0.1) is 19.1 Å². The number of hydrogen-bond donors (Lipinski definition) is 2. The number of aromatic amines is 1. The lowest BCUT2D eigenvalue weighted by atomic mass is 9.95. The van der Waals surface area contributed by atoms with Crippen LogP contribution in [-0.4, -0.2) is 46.6 Å². The van der Waals surface area contributed by atoms with Crippen molar-refractivity contribution in [1.29, 1.82) is 0 Å². The summed E-state index contributed by atoms with van der Waals surface area (Å²) in [5, 5.41) is 3.37. The van der Waals surface area contributed by atoms with Gasteiger partial charge in [0.2, 0.25) is 0 Å². The lowest BCUT2D eigenvalue weighted by Gasteiger charge is -2.36. The molecule has 3 rings (SSSR count). The molecule has 0 bridgehead atoms. The van der Waals surface area contributed by atoms with E-state index in [-0.39, 0.29) is 11.9 Å². The Hall–Kier alpha value is -2.54. The second kappa shape index (κ2) is 8.00. The average molecular weight is 391 g/mol. The summed E-state index contributed by atoms with van der Waals surface area (Å²) in [5.74, 6) is -0.573. The highest BCUT2D eigenvalue weighted by molar-refractivity contribution is 6.31. The number of rotatable bonds is 4. The summed E-state index contributed by atoms with van der Waals surface area (Å²) in [6, 6.07) is 5.89. The topological polar surface area (TPSA) is 87.3 Å². The molecule has 27 heavy (non-hydrogen) atoms. The molecule has 1 aromatic heterocycles. The first-order valence-corrected chi connectivity index (χ1v) is 9.23. The molecule has 0 saturated carbocycles. The number of hydrogen-bond acceptors (Lipinski definition) is 4. The normalized spacial score (nSPS) is 17.4. The van der Waals surface area contributed by atoms with Crippen LogP contribution < -0.4 is 5.32 Å². The lowest BCUT2D eigenvalue weighted by molar-refractivity contribution is -0.144. The summed E-state index contributed by atoms with van der Waals surface area (Å²) < 4.78 is 4.83. The van der Waals surface area contributed by atoms with Crippen molar-refractivity contribution in [1.82, 2.24) is 20.2 Å². The second-order valence-electron chi connectivity index (χ2n) is 6.83. The van der Waals surface area contributed by atoms with Gasteiger partial charge >= 0.3 is 12.0 Å². The van der Waals surface area contributed by atoms with E-state index in [1.54, 1.807) is 17.3 Å². The zero-order chi connectivity index (χ0) is 19.6. The van der Waals surface area contributed by atoms with Crippen LogP contribution in [0.2, 0.25) is 5.02 Å². The van der Waals surface area contributed by atoms with Crippen LogP contribution in [0.15, 0.2) is 30.6 Å². The third kappa shape index (κ3) is 3.78. The number of nitrogens with zero attached hydrogens (tertiary/aromatic N) is 2. The van der Waals surface area contributed by atoms with Gasteiger partial charge in [-0.15, -0.1) is 0 Å². The zero-order valence-electron chi connectivity index (χ0n) is 15.5. The van der Waals surface area contributed by atoms with Crippen LogP contribution in [0.3, 0.4) is 0 Å². The first kappa shape index (κ1) is 19.2. The van der Waals surface area contributed by atoms with E-state index in [4.69, 9.17) is 16.3 Å². The van der Waals surface area contributed by atoms with Crippen LogP contribution in [-0.2, 0) is 16.0 Å². The Morgan fingerprint density at radius 3 is 2.78 bits per heavy atom. The summed E-state index contributed by atoms with van der Waals surface area (Å²) in [4.78, 5) is 34.4. The van der Waals surface area contributed by atoms with E-state index < -0.39 is 18.1 Å². The zero-order valence-corrected chi connectivity index (χ0v) is 16.3. The number of urea groups is 1. The molecule has 0 saturated heterocycles. The number of H-pyrrole nitrogens is 1. The number of nitrogens with one attached hydrogen (secondary N) is 2. The maximum Gasteiger partial charge on any atom is 0.328 e. The maximum atomic E-state index is 13.1. The third-order valence-corrected chi connectivity index (χ3v) is 5.13. The molecule has 1 aromatic carbocycles. The number of imidazole rings is 1. The number of carbonyl (C=O) groups is 2. The number of methoxy groups -OCH3 is 1. The van der Waals surface area contributed by atoms with Crippen LogP contribution in [0.5, 0.6) is 0 Å². The molecule has 2 heterocycles. The fraction of sp³-hybridized carbons (Fsp3) is 0.421. The Bertz CT molecular complexity index is 836. The van der Waals surface area contributed by atoms with Crippen LogP contribution in [0.25, 0.3) is 0 Å². The molecule has 0 fully saturated rings. The van der Waals surface area contributed by atoms with Crippen LogP contribution in [0.4, 0.5) is 4.79 Å². The third-order valence-electron chi connectivity index (χ3n) is 4.79. The molecule has 144 valence electrons. The number of fused-ring (bicyclic) bond motifs is 1. The van der Waals surface area contributed by atoms with E-state index in [1.165, 1.54) is 7.11 Å². The summed E-state index contributed by atoms with van der Waals surface area (Å²) >= 11 is 6.42. The number of halogens is 1. The molecular formula is C19H23ClN4O3. The van der Waals surface area contributed by atoms with E-state index >= 15 is 0 Å². The number of ether oxygens (including phenoxy) is 1. The van der Waals surface area contributed by atoms with Gasteiger partial charge in [0.1, 0.15) is 12.1 Å². The SMILES string of the molecule is COC(=O)[C@H](NC(=O)N1CCc2[nH]cnc2[C@@H]1c1ccccc1Cl)C(C)C. The van der Waals surface area contributed by atoms with Gasteiger partial charge in [-0.05, 0) is 17.5 Å². The predicted octanol–water partition coefficient (Wildman–Crippen LogP) is 2.92. The second-order valence-corrected chi connectivity index (χ2v) is 7.24. The van der Waals surface area contributed by atoms with Gasteiger partial charge in [0.25, 0.3) is 0 Å². The Kier molecular flexibility index (Phi) is 5.70. The molecule has 0 radical (unpaired) electrons. The van der Waals surface area contributed by atoms with Crippen molar-refractivity contribution in [2.24, 2.45) is 5.92 Å². The monoisotopic (exact) mass is 390 g/mol. The van der Waals surface area contributed by atoms with Gasteiger partial charge in [0, 0.05) is 23.7 Å². The fourth-order valence-corrected chi connectivity index (χ4v) is 3.59. The van der Waals surface area contributed by atoms with E-state index in [9.17, 15) is 9.59 Å². The molecule has 2 N–H and O–H groups in total. The van der Waals surface area contributed by atoms with E-state index in [0.29, 0.717) is 18.0 Å². The molecule has 2 atom stereocenters. The van der Waals surface area contributed by atoms with Gasteiger partial charge in [0.15, 0.2) is 0 Å². The van der Waals surface area contributed by atoms with Crippen molar-refractivity contribution >= 4 is 23.6 Å². The lowest BCUT2D eigenvalue weighted by Crippen LogP contribution is -2.53. The summed E-state index contributed by atoms with van der Waals surface area (Å²) in [7, 11) is 1.31. The number of carbonyl (C=O) groups excluding carboxylic acids is 2. The smallest absolute Gasteiger partial charge is 0.328 e. The first-order chi connectivity index (χ1) is 12.9. The Morgan fingerprint density at radius 2 is 2.11 bits per heavy atom. The maximum absolute atomic E-state index is 13.1. The minimum atomic E-state index is -0.727. The highest BCUT2D eigenvalue weighted by Crippen LogP contribution is 2.36. The van der Waals surface area contributed by atoms with E-state index in [2.05, 4.69) is 15.3 Å². The number of benzene rings is 1. The highest BCUT2D eigenvalue weighted by Gasteiger charge is 2.37. The van der Waals surface area contributed by atoms with Gasteiger partial charge in [-0.2, -0.15) is 0 Å². The quantitative estimate of drug-likeness (QED) is 0.786. The Morgan fingerprint density at radius 1 is 1.37 bits per heavy atom. The molecule has 0 spiro atoms. The number of esters is 1. The standard InChI is InChI=1S/C19H23ClN4O3/c1-11(2)15(18(25)27-3)23-19(26)24-9-8-14-16(22-10-21-14)17(24)12-6-4-5-7-13(12)20/h4-7,10-11,15,17H,8-9H2,1-3H3,(H,21,22)(H,23,26)/t15-,17+/m1/s1. The molecule has 2 aromatic rings. The van der Waals surface area contributed by atoms with Crippen molar-refractivity contribution < 1.29 is 14.3 Å². The summed E-state index contributed by atoms with van der Waals surface area (Å²) in [6.07, 6.45) is 2.27. The summed E-state index contributed by atoms with van der Waals surface area (Å²) in [5.41, 5.74) is 2.54. The van der Waals surface area contributed by atoms with Gasteiger partial charge < -0.3 is 19.9 Å². The van der Waals surface area contributed by atoms with Crippen molar-refractivity contribution in [3.8, 4) is 0 Å². The predicted molar refractivity (Wildman–Crippen MR) is 101 cm³/mol. The number of amides is 2. The molecule has 0 unspecified atom stereocenters. The van der Waals surface area contributed by atoms with Crippen LogP contribution >= 0.6 is 11.6 Å². The molecule has 1 aliphatic rings. The largest absolute Gasteiger partial charge is 0.467 e. The fourth-order valence-electron chi connectivity index (χ4n) is 3.35. The van der Waals surface area contributed by atoms with Gasteiger partial charge in [-0.25, -0.2) is 14.6 Å². The molecule has 0 aliphatic carbocycles. The average Bonchev–Trinajstić information content (AvgIpc) is 3.13.